The molecule has 134 valence electrons. The Bertz CT molecular complexity index is 419. The molecule has 1 fully saturated rings. The normalized spacial score (nSPS) is 25.1. The summed E-state index contributed by atoms with van der Waals surface area (Å²) in [6.07, 6.45) is -0.833. The molecule has 0 aromatic carbocycles. The van der Waals surface area contributed by atoms with Gasteiger partial charge in [-0.1, -0.05) is 0 Å². The summed E-state index contributed by atoms with van der Waals surface area (Å²) >= 11 is 0. The number of carbonyl (C=O) groups is 2. The van der Waals surface area contributed by atoms with E-state index in [1.54, 1.807) is 34.8 Å². The van der Waals surface area contributed by atoms with Gasteiger partial charge in [-0.2, -0.15) is 0 Å². The monoisotopic (exact) mass is 331 g/mol. The average Bonchev–Trinajstić information content (AvgIpc) is 2.44. The fourth-order valence-corrected chi connectivity index (χ4v) is 2.66. The first-order valence-corrected chi connectivity index (χ1v) is 7.98. The number of aliphatic hydroxyl groups excluding tert-OH is 1. The zero-order chi connectivity index (χ0) is 17.7. The van der Waals surface area contributed by atoms with Gasteiger partial charge < -0.3 is 24.2 Å². The largest absolute Gasteiger partial charge is 0.465 e. The van der Waals surface area contributed by atoms with Gasteiger partial charge in [0.05, 0.1) is 24.7 Å². The summed E-state index contributed by atoms with van der Waals surface area (Å²) in [5, 5.41) is 10.6. The predicted molar refractivity (Wildman–Crippen MR) is 84.0 cm³/mol. The molecule has 2 atom stereocenters. The number of carbonyl (C=O) groups excluding carboxylic acids is 2. The Labute approximate surface area is 137 Å². The maximum absolute atomic E-state index is 12.4. The first-order valence-electron chi connectivity index (χ1n) is 7.98. The fraction of sp³-hybridized carbons (Fsp3) is 0.875. The van der Waals surface area contributed by atoms with Gasteiger partial charge in [0.2, 0.25) is 0 Å². The Morgan fingerprint density at radius 1 is 1.35 bits per heavy atom. The third kappa shape index (κ3) is 5.07. The minimum Gasteiger partial charge on any atom is -0.465 e. The quantitative estimate of drug-likeness (QED) is 0.770. The Morgan fingerprint density at radius 2 is 2.00 bits per heavy atom. The van der Waals surface area contributed by atoms with Crippen LogP contribution in [0.1, 0.15) is 40.5 Å². The summed E-state index contributed by atoms with van der Waals surface area (Å²) in [5.74, 6) is -0.437. The van der Waals surface area contributed by atoms with Gasteiger partial charge in [0.15, 0.2) is 0 Å². The minimum absolute atomic E-state index is 0.0391. The zero-order valence-electron chi connectivity index (χ0n) is 14.8. The van der Waals surface area contributed by atoms with Crippen molar-refractivity contribution in [2.45, 2.75) is 52.2 Å². The number of methoxy groups -OCH3 is 1. The van der Waals surface area contributed by atoms with Gasteiger partial charge in [-0.25, -0.2) is 4.79 Å². The molecule has 2 unspecified atom stereocenters. The van der Waals surface area contributed by atoms with Crippen LogP contribution in [-0.4, -0.2) is 67.2 Å². The second-order valence-electron chi connectivity index (χ2n) is 6.81. The Hall–Kier alpha value is -1.34. The lowest BCUT2D eigenvalue weighted by atomic mass is 9.73. The lowest BCUT2D eigenvalue weighted by Gasteiger charge is -2.43. The summed E-state index contributed by atoms with van der Waals surface area (Å²) in [6, 6.07) is 0. The molecule has 23 heavy (non-hydrogen) atoms. The van der Waals surface area contributed by atoms with Crippen LogP contribution in [0.5, 0.6) is 0 Å². The molecular weight excluding hydrogens is 302 g/mol. The van der Waals surface area contributed by atoms with E-state index in [-0.39, 0.29) is 13.2 Å². The van der Waals surface area contributed by atoms with Gasteiger partial charge in [0.25, 0.3) is 0 Å². The Morgan fingerprint density at radius 3 is 2.48 bits per heavy atom. The number of β-amino-alcohol motifs (C(OH)–C–C–N with tert-alkyl or cyclic N) is 1. The number of esters is 1. The van der Waals surface area contributed by atoms with Crippen LogP contribution in [0.2, 0.25) is 0 Å². The van der Waals surface area contributed by atoms with E-state index in [1.165, 1.54) is 4.90 Å². The molecule has 0 saturated carbocycles. The minimum atomic E-state index is -1.04. The molecule has 1 amide bonds. The molecule has 0 bridgehead atoms. The van der Waals surface area contributed by atoms with Crippen molar-refractivity contribution in [2.75, 3.05) is 33.4 Å². The number of hydrogen-bond acceptors (Lipinski definition) is 6. The van der Waals surface area contributed by atoms with E-state index < -0.39 is 29.2 Å². The van der Waals surface area contributed by atoms with Crippen LogP contribution in [0.3, 0.4) is 0 Å². The maximum atomic E-state index is 12.4. The average molecular weight is 331 g/mol. The topological polar surface area (TPSA) is 85.3 Å². The van der Waals surface area contributed by atoms with Crippen LogP contribution in [0.4, 0.5) is 4.79 Å². The van der Waals surface area contributed by atoms with Crippen molar-refractivity contribution in [3.63, 3.8) is 0 Å². The molecule has 0 radical (unpaired) electrons. The number of ether oxygens (including phenoxy) is 3. The third-order valence-corrected chi connectivity index (χ3v) is 3.94. The fourth-order valence-electron chi connectivity index (χ4n) is 2.66. The standard InChI is InChI=1S/C16H29NO6/c1-6-22-13(19)16(8-10-21-5)7-9-17(11-12(16)18)14(20)23-15(2,3)4/h12,18H,6-11H2,1-5H3. The first-order chi connectivity index (χ1) is 10.7. The summed E-state index contributed by atoms with van der Waals surface area (Å²) < 4.78 is 15.5. The van der Waals surface area contributed by atoms with Crippen molar-refractivity contribution in [1.82, 2.24) is 4.90 Å². The molecule has 0 aliphatic carbocycles. The molecule has 0 aromatic rings. The van der Waals surface area contributed by atoms with Crippen LogP contribution >= 0.6 is 0 Å². The van der Waals surface area contributed by atoms with Crippen molar-refractivity contribution >= 4 is 12.1 Å². The summed E-state index contributed by atoms with van der Waals surface area (Å²) in [6.45, 7) is 8.03. The van der Waals surface area contributed by atoms with Crippen LogP contribution < -0.4 is 0 Å². The lowest BCUT2D eigenvalue weighted by molar-refractivity contribution is -0.171. The summed E-state index contributed by atoms with van der Waals surface area (Å²) in [4.78, 5) is 25.9. The number of hydrogen-bond donors (Lipinski definition) is 1. The Balaban J connectivity index is 2.83. The number of piperidine rings is 1. The SMILES string of the molecule is CCOC(=O)C1(CCOC)CCN(C(=O)OC(C)(C)C)CC1O. The van der Waals surface area contributed by atoms with Crippen molar-refractivity contribution in [3.8, 4) is 0 Å². The second kappa shape index (κ2) is 7.97. The highest BCUT2D eigenvalue weighted by Crippen LogP contribution is 2.37. The summed E-state index contributed by atoms with van der Waals surface area (Å²) in [5.41, 5.74) is -1.64. The van der Waals surface area contributed by atoms with E-state index in [4.69, 9.17) is 14.2 Å². The molecule has 1 rings (SSSR count). The van der Waals surface area contributed by atoms with Gasteiger partial charge in [0, 0.05) is 20.3 Å². The van der Waals surface area contributed by atoms with Crippen LogP contribution in [0.25, 0.3) is 0 Å². The molecule has 7 heteroatoms. The van der Waals surface area contributed by atoms with Crippen LogP contribution in [-0.2, 0) is 19.0 Å². The van der Waals surface area contributed by atoms with E-state index in [0.717, 1.165) is 0 Å². The third-order valence-electron chi connectivity index (χ3n) is 3.94. The smallest absolute Gasteiger partial charge is 0.410 e. The molecule has 1 heterocycles. The van der Waals surface area contributed by atoms with Gasteiger partial charge in [-0.3, -0.25) is 4.79 Å². The first kappa shape index (κ1) is 19.7. The van der Waals surface area contributed by atoms with Gasteiger partial charge in [-0.15, -0.1) is 0 Å². The molecule has 1 aliphatic rings. The Kier molecular flexibility index (Phi) is 6.83. The van der Waals surface area contributed by atoms with E-state index in [0.29, 0.717) is 26.0 Å². The number of nitrogens with zero attached hydrogens (tertiary/aromatic N) is 1. The van der Waals surface area contributed by atoms with Gasteiger partial charge in [0.1, 0.15) is 5.60 Å². The predicted octanol–water partition coefficient (Wildman–Crippen LogP) is 1.57. The molecular formula is C16H29NO6. The maximum Gasteiger partial charge on any atom is 0.410 e. The van der Waals surface area contributed by atoms with Crippen LogP contribution in [0, 0.1) is 5.41 Å². The molecule has 0 spiro atoms. The van der Waals surface area contributed by atoms with E-state index >= 15 is 0 Å². The molecule has 1 N–H and O–H groups in total. The molecule has 7 nitrogen and oxygen atoms in total. The number of rotatable bonds is 5. The second-order valence-corrected chi connectivity index (χ2v) is 6.81. The van der Waals surface area contributed by atoms with E-state index in [2.05, 4.69) is 0 Å². The van der Waals surface area contributed by atoms with Crippen molar-refractivity contribution < 1.29 is 28.9 Å². The molecule has 1 saturated heterocycles. The van der Waals surface area contributed by atoms with E-state index in [1.807, 2.05) is 0 Å². The van der Waals surface area contributed by atoms with Crippen LogP contribution in [0.15, 0.2) is 0 Å². The highest BCUT2D eigenvalue weighted by molar-refractivity contribution is 5.78. The van der Waals surface area contributed by atoms with E-state index in [9.17, 15) is 14.7 Å². The molecule has 1 aliphatic heterocycles. The van der Waals surface area contributed by atoms with Gasteiger partial charge in [-0.05, 0) is 40.5 Å². The highest BCUT2D eigenvalue weighted by Gasteiger charge is 2.50. The highest BCUT2D eigenvalue weighted by atomic mass is 16.6. The summed E-state index contributed by atoms with van der Waals surface area (Å²) in [7, 11) is 1.54. The van der Waals surface area contributed by atoms with Gasteiger partial charge >= 0.3 is 12.1 Å². The van der Waals surface area contributed by atoms with Crippen molar-refractivity contribution in [1.29, 1.82) is 0 Å². The van der Waals surface area contributed by atoms with Crippen molar-refractivity contribution in [2.24, 2.45) is 5.41 Å². The van der Waals surface area contributed by atoms with Crippen molar-refractivity contribution in [3.05, 3.63) is 0 Å². The number of amides is 1. The lowest BCUT2D eigenvalue weighted by Crippen LogP contribution is -2.57. The molecule has 0 aromatic heterocycles. The number of likely N-dealkylation sites (tertiary alicyclic amines) is 1. The number of aliphatic hydroxyl groups is 1. The zero-order valence-corrected chi connectivity index (χ0v) is 14.8.